The van der Waals surface area contributed by atoms with Crippen molar-refractivity contribution >= 4 is 22.1 Å². The monoisotopic (exact) mass is 341 g/mol. The molecule has 0 saturated carbocycles. The first-order valence-electron chi connectivity index (χ1n) is 8.26. The number of aromatic nitrogens is 5. The van der Waals surface area contributed by atoms with E-state index in [9.17, 15) is 0 Å². The lowest BCUT2D eigenvalue weighted by molar-refractivity contribution is 0.483. The van der Waals surface area contributed by atoms with Crippen LogP contribution in [0.3, 0.4) is 0 Å². The number of H-pyrrole nitrogens is 1. The maximum Gasteiger partial charge on any atom is 0.157 e. The maximum absolute atomic E-state index is 6.00. The zero-order valence-corrected chi connectivity index (χ0v) is 14.0. The molecule has 1 N–H and O–H groups in total. The molecule has 26 heavy (non-hydrogen) atoms. The van der Waals surface area contributed by atoms with Crippen LogP contribution in [0, 0.1) is 0 Å². The minimum atomic E-state index is 0.700. The van der Waals surface area contributed by atoms with E-state index in [1.165, 1.54) is 0 Å². The van der Waals surface area contributed by atoms with Crippen LogP contribution in [-0.4, -0.2) is 24.5 Å². The number of ether oxygens (including phenoxy) is 1. The van der Waals surface area contributed by atoms with Crippen molar-refractivity contribution in [3.63, 3.8) is 0 Å². The Bertz CT molecular complexity index is 1200. The van der Waals surface area contributed by atoms with Crippen LogP contribution in [-0.2, 0) is 7.05 Å². The molecule has 126 valence electrons. The van der Waals surface area contributed by atoms with Gasteiger partial charge in [-0.25, -0.2) is 9.97 Å². The molecule has 3 heterocycles. The molecule has 0 aliphatic carbocycles. The lowest BCUT2D eigenvalue weighted by Crippen LogP contribution is -1.89. The fourth-order valence-electron chi connectivity index (χ4n) is 2.99. The van der Waals surface area contributed by atoms with Gasteiger partial charge in [0.05, 0.1) is 28.4 Å². The molecule has 0 spiro atoms. The summed E-state index contributed by atoms with van der Waals surface area (Å²) in [5.41, 5.74) is 4.59. The average molecular weight is 341 g/mol. The predicted molar refractivity (Wildman–Crippen MR) is 100 cm³/mol. The highest BCUT2D eigenvalue weighted by Gasteiger charge is 2.09. The molecule has 6 heteroatoms. The third kappa shape index (κ3) is 2.48. The summed E-state index contributed by atoms with van der Waals surface area (Å²) in [6, 6.07) is 17.5. The van der Waals surface area contributed by atoms with Crippen molar-refractivity contribution < 1.29 is 4.74 Å². The zero-order chi connectivity index (χ0) is 17.5. The fourth-order valence-corrected chi connectivity index (χ4v) is 2.99. The number of aryl methyl sites for hydroxylation is 1. The number of rotatable bonds is 3. The summed E-state index contributed by atoms with van der Waals surface area (Å²) in [5, 5.41) is 0. The Morgan fingerprint density at radius 1 is 0.923 bits per heavy atom. The third-order valence-electron chi connectivity index (χ3n) is 4.30. The zero-order valence-electron chi connectivity index (χ0n) is 14.0. The summed E-state index contributed by atoms with van der Waals surface area (Å²) in [7, 11) is 1.97. The molecule has 0 aliphatic heterocycles. The van der Waals surface area contributed by atoms with Crippen molar-refractivity contribution in [2.75, 3.05) is 0 Å². The van der Waals surface area contributed by atoms with Crippen LogP contribution in [0.2, 0.25) is 0 Å². The van der Waals surface area contributed by atoms with Gasteiger partial charge in [0.2, 0.25) is 0 Å². The number of benzene rings is 2. The number of imidazole rings is 2. The quantitative estimate of drug-likeness (QED) is 0.531. The number of para-hydroxylation sites is 2. The molecule has 0 unspecified atom stereocenters. The van der Waals surface area contributed by atoms with E-state index in [2.05, 4.69) is 19.9 Å². The summed E-state index contributed by atoms with van der Waals surface area (Å²) in [4.78, 5) is 16.7. The van der Waals surface area contributed by atoms with E-state index in [1.807, 2.05) is 66.2 Å². The molecule has 0 saturated heterocycles. The number of pyridine rings is 1. The summed E-state index contributed by atoms with van der Waals surface area (Å²) in [6.45, 7) is 0. The van der Waals surface area contributed by atoms with Gasteiger partial charge in [-0.1, -0.05) is 12.1 Å². The van der Waals surface area contributed by atoms with E-state index in [-0.39, 0.29) is 0 Å². The van der Waals surface area contributed by atoms with Crippen LogP contribution in [0.15, 0.2) is 67.1 Å². The predicted octanol–water partition coefficient (Wildman–Crippen LogP) is 4.30. The van der Waals surface area contributed by atoms with E-state index in [4.69, 9.17) is 4.74 Å². The third-order valence-corrected chi connectivity index (χ3v) is 4.30. The van der Waals surface area contributed by atoms with Crippen molar-refractivity contribution in [1.29, 1.82) is 0 Å². The normalized spacial score (nSPS) is 11.3. The molecule has 0 radical (unpaired) electrons. The molecule has 5 rings (SSSR count). The lowest BCUT2D eigenvalue weighted by atomic mass is 10.3. The molecule has 2 aromatic carbocycles. The Kier molecular flexibility index (Phi) is 3.21. The second-order valence-corrected chi connectivity index (χ2v) is 6.09. The largest absolute Gasteiger partial charge is 0.457 e. The summed E-state index contributed by atoms with van der Waals surface area (Å²) in [6.07, 6.45) is 3.51. The van der Waals surface area contributed by atoms with Crippen LogP contribution in [0.1, 0.15) is 0 Å². The van der Waals surface area contributed by atoms with Crippen molar-refractivity contribution in [1.82, 2.24) is 24.5 Å². The highest BCUT2D eigenvalue weighted by molar-refractivity contribution is 5.79. The fraction of sp³-hybridized carbons (Fsp3) is 0.0500. The van der Waals surface area contributed by atoms with Gasteiger partial charge in [0.25, 0.3) is 0 Å². The number of nitrogens with one attached hydrogen (secondary N) is 1. The van der Waals surface area contributed by atoms with E-state index < -0.39 is 0 Å². The topological polar surface area (TPSA) is 68.6 Å². The van der Waals surface area contributed by atoms with Crippen LogP contribution < -0.4 is 4.74 Å². The first-order valence-corrected chi connectivity index (χ1v) is 8.26. The van der Waals surface area contributed by atoms with Crippen LogP contribution >= 0.6 is 0 Å². The first-order chi connectivity index (χ1) is 12.8. The second-order valence-electron chi connectivity index (χ2n) is 6.09. The molecule has 0 atom stereocenters. The van der Waals surface area contributed by atoms with Gasteiger partial charge < -0.3 is 14.3 Å². The number of nitrogens with zero attached hydrogens (tertiary/aromatic N) is 4. The average Bonchev–Trinajstić information content (AvgIpc) is 3.26. The van der Waals surface area contributed by atoms with Gasteiger partial charge in [0.15, 0.2) is 5.82 Å². The van der Waals surface area contributed by atoms with Crippen molar-refractivity contribution in [2.24, 2.45) is 7.05 Å². The minimum absolute atomic E-state index is 0.700. The van der Waals surface area contributed by atoms with E-state index in [1.54, 1.807) is 12.5 Å². The lowest BCUT2D eigenvalue weighted by Gasteiger charge is -2.06. The molecule has 5 aromatic rings. The standard InChI is InChI=1S/C20H15N5O/c1-25-12-22-17-10-13(6-7-19(17)25)26-14-8-9-21-18(11-14)20-23-15-4-2-3-5-16(15)24-20/h2-12H,1H3,(H,23,24). The molecule has 0 amide bonds. The number of aromatic amines is 1. The molecule has 6 nitrogen and oxygen atoms in total. The Morgan fingerprint density at radius 2 is 1.81 bits per heavy atom. The summed E-state index contributed by atoms with van der Waals surface area (Å²) in [5.74, 6) is 2.15. The highest BCUT2D eigenvalue weighted by Crippen LogP contribution is 2.27. The van der Waals surface area contributed by atoms with E-state index >= 15 is 0 Å². The molecule has 3 aromatic heterocycles. The number of hydrogen-bond acceptors (Lipinski definition) is 4. The van der Waals surface area contributed by atoms with Gasteiger partial charge >= 0.3 is 0 Å². The Morgan fingerprint density at radius 3 is 2.73 bits per heavy atom. The molecular formula is C20H15N5O. The summed E-state index contributed by atoms with van der Waals surface area (Å²) < 4.78 is 7.98. The second kappa shape index (κ2) is 5.70. The maximum atomic E-state index is 6.00. The van der Waals surface area contributed by atoms with Gasteiger partial charge in [-0.2, -0.15) is 0 Å². The van der Waals surface area contributed by atoms with Gasteiger partial charge in [-0.15, -0.1) is 0 Å². The van der Waals surface area contributed by atoms with Gasteiger partial charge in [-0.05, 0) is 30.3 Å². The molecular weight excluding hydrogens is 326 g/mol. The van der Waals surface area contributed by atoms with Gasteiger partial charge in [-0.3, -0.25) is 4.98 Å². The van der Waals surface area contributed by atoms with E-state index in [0.717, 1.165) is 39.3 Å². The van der Waals surface area contributed by atoms with Crippen molar-refractivity contribution in [2.45, 2.75) is 0 Å². The van der Waals surface area contributed by atoms with E-state index in [0.29, 0.717) is 5.75 Å². The highest BCUT2D eigenvalue weighted by atomic mass is 16.5. The van der Waals surface area contributed by atoms with Crippen molar-refractivity contribution in [3.8, 4) is 23.0 Å². The molecule has 0 aliphatic rings. The van der Waals surface area contributed by atoms with Gasteiger partial charge in [0.1, 0.15) is 17.2 Å². The Labute approximate surface area is 149 Å². The van der Waals surface area contributed by atoms with Crippen LogP contribution in [0.5, 0.6) is 11.5 Å². The summed E-state index contributed by atoms with van der Waals surface area (Å²) >= 11 is 0. The smallest absolute Gasteiger partial charge is 0.157 e. The van der Waals surface area contributed by atoms with Gasteiger partial charge in [0, 0.05) is 25.4 Å². The minimum Gasteiger partial charge on any atom is -0.457 e. The first kappa shape index (κ1) is 14.7. The Hall–Kier alpha value is -3.67. The van der Waals surface area contributed by atoms with Crippen LogP contribution in [0.25, 0.3) is 33.6 Å². The molecule has 0 fully saturated rings. The Balaban J connectivity index is 1.48. The van der Waals surface area contributed by atoms with Crippen molar-refractivity contribution in [3.05, 3.63) is 67.1 Å². The number of hydrogen-bond donors (Lipinski definition) is 1. The van der Waals surface area contributed by atoms with Crippen LogP contribution in [0.4, 0.5) is 0 Å². The SMILES string of the molecule is Cn1cnc2cc(Oc3ccnc(-c4nc5ccccc5[nH]4)c3)ccc21. The number of fused-ring (bicyclic) bond motifs is 2. The molecule has 0 bridgehead atoms.